The summed E-state index contributed by atoms with van der Waals surface area (Å²) in [6, 6.07) is 8.07. The van der Waals surface area contributed by atoms with Gasteiger partial charge >= 0.3 is 5.97 Å². The summed E-state index contributed by atoms with van der Waals surface area (Å²) in [7, 11) is 1.26. The number of thioether (sulfide) groups is 1. The fourth-order valence-electron chi connectivity index (χ4n) is 2.77. The van der Waals surface area contributed by atoms with Gasteiger partial charge < -0.3 is 4.74 Å². The number of ether oxygens (including phenoxy) is 1. The van der Waals surface area contributed by atoms with Crippen molar-refractivity contribution >= 4 is 35.0 Å². The number of amides is 1. The molecule has 1 aromatic carbocycles. The van der Waals surface area contributed by atoms with E-state index in [1.54, 1.807) is 6.21 Å². The van der Waals surface area contributed by atoms with Crippen LogP contribution in [0.4, 0.5) is 0 Å². The van der Waals surface area contributed by atoms with E-state index in [1.165, 1.54) is 25.5 Å². The van der Waals surface area contributed by atoms with Gasteiger partial charge in [0.05, 0.1) is 18.2 Å². The standard InChI is InChI=1S/C18H20N4O3S/c1-25-16(23)10-15-17(24)20-18(26-15)21-19-11-13-6-2-3-7-14(13)12-22-8-4-5-9-22/h2-3,6-7,10-11H,4-5,8-9,12H2,1H3,(H,20,21,24)/b15-10+,19-11?. The van der Waals surface area contributed by atoms with Gasteiger partial charge in [-0.25, -0.2) is 4.79 Å². The zero-order chi connectivity index (χ0) is 18.4. The van der Waals surface area contributed by atoms with Crippen LogP contribution in [0.25, 0.3) is 0 Å². The number of nitrogens with zero attached hydrogens (tertiary/aromatic N) is 3. The third-order valence-electron chi connectivity index (χ3n) is 4.09. The lowest BCUT2D eigenvalue weighted by molar-refractivity contribution is -0.135. The van der Waals surface area contributed by atoms with E-state index in [9.17, 15) is 9.59 Å². The normalized spacial score (nSPS) is 21.0. The van der Waals surface area contributed by atoms with E-state index in [1.807, 2.05) is 18.2 Å². The molecule has 0 spiro atoms. The Labute approximate surface area is 156 Å². The van der Waals surface area contributed by atoms with E-state index in [-0.39, 0.29) is 10.8 Å². The van der Waals surface area contributed by atoms with Gasteiger partial charge in [0.25, 0.3) is 5.91 Å². The molecule has 1 amide bonds. The van der Waals surface area contributed by atoms with Crippen LogP contribution in [0.3, 0.4) is 0 Å². The number of carbonyl (C=O) groups excluding carboxylic acids is 2. The Balaban J connectivity index is 1.67. The minimum Gasteiger partial charge on any atom is -0.466 e. The molecule has 1 N–H and O–H groups in total. The van der Waals surface area contributed by atoms with Gasteiger partial charge in [0.2, 0.25) is 0 Å². The Morgan fingerprint density at radius 3 is 2.88 bits per heavy atom. The van der Waals surface area contributed by atoms with Crippen molar-refractivity contribution in [1.29, 1.82) is 0 Å². The van der Waals surface area contributed by atoms with Crippen molar-refractivity contribution in [2.45, 2.75) is 19.4 Å². The number of benzene rings is 1. The highest BCUT2D eigenvalue weighted by Gasteiger charge is 2.25. The predicted octanol–water partition coefficient (Wildman–Crippen LogP) is 1.89. The summed E-state index contributed by atoms with van der Waals surface area (Å²) in [5.74, 6) is -0.966. The number of rotatable bonds is 5. The predicted molar refractivity (Wildman–Crippen MR) is 102 cm³/mol. The molecule has 0 aromatic heterocycles. The number of nitrogens with one attached hydrogen (secondary N) is 1. The summed E-state index contributed by atoms with van der Waals surface area (Å²) in [6.45, 7) is 3.16. The molecule has 0 atom stereocenters. The molecule has 2 fully saturated rings. The van der Waals surface area contributed by atoms with Gasteiger partial charge in [-0.3, -0.25) is 15.0 Å². The first kappa shape index (κ1) is 18.3. The Kier molecular flexibility index (Phi) is 6.19. The fourth-order valence-corrected chi connectivity index (χ4v) is 3.51. The third-order valence-corrected chi connectivity index (χ3v) is 4.99. The summed E-state index contributed by atoms with van der Waals surface area (Å²) >= 11 is 1.06. The Morgan fingerprint density at radius 1 is 1.35 bits per heavy atom. The van der Waals surface area contributed by atoms with E-state index in [2.05, 4.69) is 31.2 Å². The van der Waals surface area contributed by atoms with E-state index >= 15 is 0 Å². The Morgan fingerprint density at radius 2 is 2.12 bits per heavy atom. The zero-order valence-corrected chi connectivity index (χ0v) is 15.3. The van der Waals surface area contributed by atoms with Gasteiger partial charge in [-0.15, -0.1) is 5.10 Å². The number of carbonyl (C=O) groups is 2. The van der Waals surface area contributed by atoms with Crippen LogP contribution in [0.2, 0.25) is 0 Å². The van der Waals surface area contributed by atoms with Crippen molar-refractivity contribution in [3.8, 4) is 0 Å². The summed E-state index contributed by atoms with van der Waals surface area (Å²) in [5, 5.41) is 11.0. The maximum atomic E-state index is 11.8. The number of amidine groups is 1. The van der Waals surface area contributed by atoms with Crippen LogP contribution in [0.5, 0.6) is 0 Å². The highest BCUT2D eigenvalue weighted by atomic mass is 32.2. The lowest BCUT2D eigenvalue weighted by Crippen LogP contribution is -2.20. The minimum absolute atomic E-state index is 0.236. The summed E-state index contributed by atoms with van der Waals surface area (Å²) in [4.78, 5) is 25.7. The molecule has 2 aliphatic rings. The second-order valence-corrected chi connectivity index (χ2v) is 6.95. The smallest absolute Gasteiger partial charge is 0.331 e. The summed E-state index contributed by atoms with van der Waals surface area (Å²) in [6.07, 6.45) is 5.33. The fraction of sp³-hybridized carbons (Fsp3) is 0.333. The van der Waals surface area contributed by atoms with Gasteiger partial charge in [0.1, 0.15) is 0 Å². The van der Waals surface area contributed by atoms with Crippen LogP contribution in [0.15, 0.2) is 45.4 Å². The average molecular weight is 372 g/mol. The van der Waals surface area contributed by atoms with Gasteiger partial charge in [0.15, 0.2) is 5.17 Å². The molecule has 1 aromatic rings. The van der Waals surface area contributed by atoms with Crippen molar-refractivity contribution < 1.29 is 14.3 Å². The van der Waals surface area contributed by atoms with Crippen molar-refractivity contribution in [3.05, 3.63) is 46.4 Å². The first-order chi connectivity index (χ1) is 12.7. The molecule has 0 radical (unpaired) electrons. The maximum Gasteiger partial charge on any atom is 0.331 e. The van der Waals surface area contributed by atoms with Gasteiger partial charge in [0, 0.05) is 12.6 Å². The Bertz CT molecular complexity index is 782. The molecule has 2 heterocycles. The van der Waals surface area contributed by atoms with Crippen LogP contribution in [0, 0.1) is 0 Å². The maximum absolute atomic E-state index is 11.8. The quantitative estimate of drug-likeness (QED) is 0.369. The zero-order valence-electron chi connectivity index (χ0n) is 14.5. The third kappa shape index (κ3) is 4.80. The number of hydrogen-bond donors (Lipinski definition) is 1. The summed E-state index contributed by atoms with van der Waals surface area (Å²) < 4.78 is 4.52. The van der Waals surface area contributed by atoms with E-state index < -0.39 is 5.97 Å². The van der Waals surface area contributed by atoms with E-state index in [0.29, 0.717) is 5.17 Å². The largest absolute Gasteiger partial charge is 0.466 e. The van der Waals surface area contributed by atoms with Crippen LogP contribution < -0.4 is 5.32 Å². The number of hydrogen-bond acceptors (Lipinski definition) is 7. The highest BCUT2D eigenvalue weighted by Crippen LogP contribution is 2.23. The molecule has 26 heavy (non-hydrogen) atoms. The Hall–Kier alpha value is -2.45. The van der Waals surface area contributed by atoms with E-state index in [0.717, 1.165) is 43.0 Å². The molecule has 0 saturated carbocycles. The van der Waals surface area contributed by atoms with Crippen LogP contribution in [-0.4, -0.2) is 48.4 Å². The molecule has 0 aliphatic carbocycles. The number of methoxy groups -OCH3 is 1. The molecule has 136 valence electrons. The number of likely N-dealkylation sites (tertiary alicyclic amines) is 1. The monoisotopic (exact) mass is 372 g/mol. The van der Waals surface area contributed by atoms with Gasteiger partial charge in [-0.05, 0) is 48.8 Å². The number of esters is 1. The molecular weight excluding hydrogens is 352 g/mol. The van der Waals surface area contributed by atoms with Gasteiger partial charge in [-0.2, -0.15) is 5.10 Å². The highest BCUT2D eigenvalue weighted by molar-refractivity contribution is 8.18. The first-order valence-electron chi connectivity index (χ1n) is 8.36. The van der Waals surface area contributed by atoms with Crippen molar-refractivity contribution in [3.63, 3.8) is 0 Å². The molecule has 2 saturated heterocycles. The second kappa shape index (κ2) is 8.77. The topological polar surface area (TPSA) is 83.4 Å². The second-order valence-electron chi connectivity index (χ2n) is 5.92. The average Bonchev–Trinajstić information content (AvgIpc) is 3.26. The SMILES string of the molecule is COC(=O)/C=C1/S/C(=N\N=Cc2ccccc2CN2CCCC2)NC1=O. The molecule has 8 heteroatoms. The van der Waals surface area contributed by atoms with Crippen LogP contribution >= 0.6 is 11.8 Å². The molecule has 0 bridgehead atoms. The molecular formula is C18H20N4O3S. The molecule has 3 rings (SSSR count). The molecule has 2 aliphatic heterocycles. The van der Waals surface area contributed by atoms with Crippen molar-refractivity contribution in [2.24, 2.45) is 10.2 Å². The molecule has 0 unspecified atom stereocenters. The lowest BCUT2D eigenvalue weighted by atomic mass is 10.1. The minimum atomic E-state index is -0.580. The van der Waals surface area contributed by atoms with Crippen molar-refractivity contribution in [2.75, 3.05) is 20.2 Å². The van der Waals surface area contributed by atoms with Crippen LogP contribution in [-0.2, 0) is 20.9 Å². The van der Waals surface area contributed by atoms with Crippen LogP contribution in [0.1, 0.15) is 24.0 Å². The lowest BCUT2D eigenvalue weighted by Gasteiger charge is -2.15. The van der Waals surface area contributed by atoms with E-state index in [4.69, 9.17) is 0 Å². The first-order valence-corrected chi connectivity index (χ1v) is 9.17. The summed E-state index contributed by atoms with van der Waals surface area (Å²) in [5.41, 5.74) is 2.20. The molecule has 7 nitrogen and oxygen atoms in total. The van der Waals surface area contributed by atoms with Crippen molar-refractivity contribution in [1.82, 2.24) is 10.2 Å². The van der Waals surface area contributed by atoms with Gasteiger partial charge in [-0.1, -0.05) is 24.3 Å².